The molecule has 5 N–H and O–H groups in total. The molecule has 1 fully saturated rings. The summed E-state index contributed by atoms with van der Waals surface area (Å²) in [4.78, 5) is 35.8. The van der Waals surface area contributed by atoms with Gasteiger partial charge in [0.25, 0.3) is 5.91 Å². The van der Waals surface area contributed by atoms with Crippen molar-refractivity contribution in [2.24, 2.45) is 5.73 Å². The molecule has 0 saturated carbocycles. The Morgan fingerprint density at radius 1 is 1.12 bits per heavy atom. The second-order valence-corrected chi connectivity index (χ2v) is 9.60. The highest BCUT2D eigenvalue weighted by molar-refractivity contribution is 6.09. The minimum atomic E-state index is -0.728. The number of hydrogen-bond acceptors (Lipinski definition) is 8. The lowest BCUT2D eigenvalue weighted by Gasteiger charge is -2.33. The minimum absolute atomic E-state index is 0.0455. The molecule has 3 heterocycles. The molecule has 0 bridgehead atoms. The Balaban J connectivity index is 1.53. The van der Waals surface area contributed by atoms with Crippen LogP contribution >= 0.6 is 0 Å². The van der Waals surface area contributed by atoms with Gasteiger partial charge in [-0.15, -0.1) is 0 Å². The molecule has 5 rings (SSSR count). The smallest absolute Gasteiger partial charge is 0.254 e. The van der Waals surface area contributed by atoms with Crippen LogP contribution in [0.4, 0.5) is 14.6 Å². The topological polar surface area (TPSA) is 153 Å². The Morgan fingerprint density at radius 2 is 1.90 bits per heavy atom. The minimum Gasteiger partial charge on any atom is -0.512 e. The summed E-state index contributed by atoms with van der Waals surface area (Å²) in [6, 6.07) is 8.79. The fourth-order valence-corrected chi connectivity index (χ4v) is 5.00. The molecule has 40 heavy (non-hydrogen) atoms. The highest BCUT2D eigenvalue weighted by atomic mass is 19.1. The molecule has 4 aromatic rings. The standard InChI is InChI=1S/C28H27F2N7O3/c1-15(38)21(12-31)28(40)36-9-3-6-19(13-36)37-27-23(26(32)33-14-34-27)24(35-37)20-8-7-17(11-22(20)30)25(39)16-4-2-5-18(29)10-16/h2,4-5,7-8,10-11,14,19,38H,3,6,9,12-13,31H2,1H3,(H2,32,33,34)/b21-15+. The molecule has 206 valence electrons. The summed E-state index contributed by atoms with van der Waals surface area (Å²) in [6.07, 6.45) is 2.60. The van der Waals surface area contributed by atoms with Gasteiger partial charge >= 0.3 is 0 Å². The molecule has 1 aliphatic heterocycles. The van der Waals surface area contributed by atoms with Crippen molar-refractivity contribution in [3.8, 4) is 11.3 Å². The molecule has 1 atom stereocenters. The maximum Gasteiger partial charge on any atom is 0.254 e. The first-order chi connectivity index (χ1) is 19.2. The molecule has 0 radical (unpaired) electrons. The highest BCUT2D eigenvalue weighted by Gasteiger charge is 2.31. The van der Waals surface area contributed by atoms with Crippen LogP contribution in [-0.4, -0.2) is 61.1 Å². The number of aliphatic hydroxyl groups is 1. The van der Waals surface area contributed by atoms with E-state index in [1.54, 1.807) is 9.58 Å². The van der Waals surface area contributed by atoms with Crippen LogP contribution in [-0.2, 0) is 4.79 Å². The van der Waals surface area contributed by atoms with Gasteiger partial charge in [-0.05, 0) is 44.0 Å². The molecular formula is C28H27F2N7O3. The Labute approximate surface area is 227 Å². The summed E-state index contributed by atoms with van der Waals surface area (Å²) in [5.41, 5.74) is 12.8. The lowest BCUT2D eigenvalue weighted by molar-refractivity contribution is -0.129. The summed E-state index contributed by atoms with van der Waals surface area (Å²) in [7, 11) is 0. The number of allylic oxidation sites excluding steroid dienone is 1. The number of carbonyl (C=O) groups is 2. The first-order valence-electron chi connectivity index (χ1n) is 12.7. The van der Waals surface area contributed by atoms with Crippen LogP contribution in [0.2, 0.25) is 0 Å². The molecule has 1 saturated heterocycles. The number of hydrogen-bond donors (Lipinski definition) is 3. The van der Waals surface area contributed by atoms with Crippen LogP contribution < -0.4 is 11.5 Å². The van der Waals surface area contributed by atoms with E-state index in [9.17, 15) is 19.1 Å². The van der Waals surface area contributed by atoms with Gasteiger partial charge in [0.05, 0.1) is 22.8 Å². The van der Waals surface area contributed by atoms with Crippen molar-refractivity contribution in [2.75, 3.05) is 25.4 Å². The summed E-state index contributed by atoms with van der Waals surface area (Å²) < 4.78 is 30.7. The Hall–Kier alpha value is -4.71. The van der Waals surface area contributed by atoms with Gasteiger partial charge in [0, 0.05) is 36.3 Å². The lowest BCUT2D eigenvalue weighted by Crippen LogP contribution is -2.42. The third-order valence-electron chi connectivity index (χ3n) is 7.02. The number of carbonyl (C=O) groups excluding carboxylic acids is 2. The number of nitrogen functional groups attached to an aromatic ring is 1. The number of anilines is 1. The van der Waals surface area contributed by atoms with E-state index in [-0.39, 0.29) is 64.6 Å². The Kier molecular flexibility index (Phi) is 7.26. The van der Waals surface area contributed by atoms with E-state index in [0.29, 0.717) is 30.4 Å². The predicted octanol–water partition coefficient (Wildman–Crippen LogP) is 3.54. The molecule has 10 nitrogen and oxygen atoms in total. The van der Waals surface area contributed by atoms with E-state index in [1.807, 2.05) is 0 Å². The number of piperidine rings is 1. The average molecular weight is 548 g/mol. The number of likely N-dealkylation sites (tertiary alicyclic amines) is 1. The predicted molar refractivity (Wildman–Crippen MR) is 144 cm³/mol. The van der Waals surface area contributed by atoms with Gasteiger partial charge in [0.1, 0.15) is 29.5 Å². The number of amides is 1. The van der Waals surface area contributed by atoms with Crippen molar-refractivity contribution in [1.82, 2.24) is 24.6 Å². The first-order valence-corrected chi connectivity index (χ1v) is 12.7. The normalized spacial score (nSPS) is 16.2. The van der Waals surface area contributed by atoms with Crippen LogP contribution in [0.15, 0.2) is 60.1 Å². The monoisotopic (exact) mass is 547 g/mol. The number of benzene rings is 2. The summed E-state index contributed by atoms with van der Waals surface area (Å²) in [5.74, 6) is -2.22. The summed E-state index contributed by atoms with van der Waals surface area (Å²) >= 11 is 0. The molecule has 0 aliphatic carbocycles. The van der Waals surface area contributed by atoms with Crippen molar-refractivity contribution in [3.63, 3.8) is 0 Å². The SMILES string of the molecule is C/C(O)=C(/CN)C(=O)N1CCCC(n2nc(-c3ccc(C(=O)c4cccc(F)c4)cc3F)c3c(N)ncnc32)C1. The molecule has 1 aliphatic rings. The zero-order valence-corrected chi connectivity index (χ0v) is 21.6. The van der Waals surface area contributed by atoms with Crippen LogP contribution in [0, 0.1) is 11.6 Å². The van der Waals surface area contributed by atoms with Crippen molar-refractivity contribution in [3.05, 3.63) is 82.9 Å². The van der Waals surface area contributed by atoms with E-state index in [4.69, 9.17) is 11.5 Å². The maximum atomic E-state index is 15.5. The second kappa shape index (κ2) is 10.8. The molecule has 2 aromatic heterocycles. The maximum absolute atomic E-state index is 15.5. The van der Waals surface area contributed by atoms with E-state index < -0.39 is 17.4 Å². The van der Waals surface area contributed by atoms with Crippen LogP contribution in [0.3, 0.4) is 0 Å². The summed E-state index contributed by atoms with van der Waals surface area (Å²) in [5, 5.41) is 14.9. The van der Waals surface area contributed by atoms with Crippen molar-refractivity contribution < 1.29 is 23.5 Å². The third-order valence-corrected chi connectivity index (χ3v) is 7.02. The number of aromatic nitrogens is 4. The summed E-state index contributed by atoms with van der Waals surface area (Å²) in [6.45, 7) is 2.06. The fourth-order valence-electron chi connectivity index (χ4n) is 5.00. The largest absolute Gasteiger partial charge is 0.512 e. The number of aliphatic hydroxyl groups excluding tert-OH is 1. The zero-order valence-electron chi connectivity index (χ0n) is 21.6. The van der Waals surface area contributed by atoms with Crippen molar-refractivity contribution in [1.29, 1.82) is 0 Å². The van der Waals surface area contributed by atoms with Gasteiger partial charge in [0.15, 0.2) is 11.4 Å². The molecular weight excluding hydrogens is 520 g/mol. The number of halogens is 2. The molecule has 1 unspecified atom stereocenters. The number of rotatable bonds is 6. The van der Waals surface area contributed by atoms with Crippen molar-refractivity contribution in [2.45, 2.75) is 25.8 Å². The van der Waals surface area contributed by atoms with Crippen LogP contribution in [0.25, 0.3) is 22.3 Å². The third kappa shape index (κ3) is 4.89. The van der Waals surface area contributed by atoms with Crippen LogP contribution in [0.1, 0.15) is 41.7 Å². The highest BCUT2D eigenvalue weighted by Crippen LogP contribution is 2.35. The van der Waals surface area contributed by atoms with E-state index in [1.165, 1.54) is 43.6 Å². The van der Waals surface area contributed by atoms with Crippen molar-refractivity contribution >= 4 is 28.5 Å². The van der Waals surface area contributed by atoms with Gasteiger partial charge in [-0.2, -0.15) is 5.10 Å². The molecule has 0 spiro atoms. The van der Waals surface area contributed by atoms with Crippen LogP contribution in [0.5, 0.6) is 0 Å². The van der Waals surface area contributed by atoms with Gasteiger partial charge in [0.2, 0.25) is 0 Å². The average Bonchev–Trinajstić information content (AvgIpc) is 3.33. The number of nitrogens with two attached hydrogens (primary N) is 2. The van der Waals surface area contributed by atoms with Gasteiger partial charge < -0.3 is 21.5 Å². The van der Waals surface area contributed by atoms with E-state index in [0.717, 1.165) is 12.1 Å². The van der Waals surface area contributed by atoms with Gasteiger partial charge in [-0.25, -0.2) is 23.4 Å². The molecule has 12 heteroatoms. The molecule has 1 amide bonds. The second-order valence-electron chi connectivity index (χ2n) is 9.60. The number of ketones is 1. The zero-order chi connectivity index (χ0) is 28.6. The first kappa shape index (κ1) is 26.9. The van der Waals surface area contributed by atoms with E-state index >= 15 is 4.39 Å². The fraction of sp³-hybridized carbons (Fsp3) is 0.250. The Morgan fingerprint density at radius 3 is 2.60 bits per heavy atom. The number of nitrogens with zero attached hydrogens (tertiary/aromatic N) is 5. The van der Waals surface area contributed by atoms with Gasteiger partial charge in [-0.3, -0.25) is 9.59 Å². The Bertz CT molecular complexity index is 1660. The quantitative estimate of drug-likeness (QED) is 0.188. The van der Waals surface area contributed by atoms with E-state index in [2.05, 4.69) is 15.1 Å². The lowest BCUT2D eigenvalue weighted by atomic mass is 10.00. The van der Waals surface area contributed by atoms with Gasteiger partial charge in [-0.1, -0.05) is 18.2 Å². The number of fused-ring (bicyclic) bond motifs is 1. The molecule has 2 aromatic carbocycles.